The first-order valence-corrected chi connectivity index (χ1v) is 39.2. The van der Waals surface area contributed by atoms with Gasteiger partial charge in [0.1, 0.15) is 0 Å². The van der Waals surface area contributed by atoms with Gasteiger partial charge in [-0.1, -0.05) is 378 Å². The first kappa shape index (κ1) is 84.1. The normalized spacial score (nSPS) is 12.7. The van der Waals surface area contributed by atoms with E-state index in [0.717, 1.165) is 51.4 Å². The van der Waals surface area contributed by atoms with Crippen molar-refractivity contribution in [3.8, 4) is 0 Å². The molecule has 0 fully saturated rings. The van der Waals surface area contributed by atoms with Gasteiger partial charge in [-0.3, -0.25) is 9.59 Å². The molecule has 2 atom stereocenters. The number of esters is 1. The summed E-state index contributed by atoms with van der Waals surface area (Å²) >= 11 is 0. The van der Waals surface area contributed by atoms with Crippen LogP contribution >= 0.6 is 0 Å². The predicted octanol–water partition coefficient (Wildman–Crippen LogP) is 25.8. The second-order valence-corrected chi connectivity index (χ2v) is 27.0. The largest absolute Gasteiger partial charge is 0.466 e. The molecule has 0 aromatic heterocycles. The van der Waals surface area contributed by atoms with Gasteiger partial charge < -0.3 is 20.3 Å². The number of unbranched alkanes of at least 4 members (excludes halogenated alkanes) is 57. The third kappa shape index (κ3) is 71.2. The fourth-order valence-electron chi connectivity index (χ4n) is 12.4. The quantitative estimate of drug-likeness (QED) is 0.0320. The van der Waals surface area contributed by atoms with Crippen molar-refractivity contribution in [2.75, 3.05) is 13.2 Å². The summed E-state index contributed by atoms with van der Waals surface area (Å²) in [7, 11) is 0. The Kier molecular flexibility index (Phi) is 73.9. The molecule has 6 nitrogen and oxygen atoms in total. The Morgan fingerprint density at radius 2 is 0.581 bits per heavy atom. The molecule has 0 aromatic rings. The van der Waals surface area contributed by atoms with Gasteiger partial charge in [0, 0.05) is 12.8 Å². The standard InChI is InChI=1S/C80H153NO5/c1-3-5-7-9-11-13-15-17-19-21-22-37-41-44-48-52-56-60-64-68-72-78(83)77(76-82)81-79(84)73-69-65-61-57-53-49-45-42-38-35-33-31-29-27-25-23-24-26-28-30-32-34-36-39-43-47-51-55-59-63-67-71-75-86-80(85)74-70-66-62-58-54-50-46-40-20-18-16-14-12-10-8-6-4-2/h12,14,18,20,26,28,77-78,82-83H,3-11,13,15-17,19,21-25,27,29-76H2,1-2H3,(H,81,84)/b14-12-,20-18-,28-26-. The van der Waals surface area contributed by atoms with E-state index < -0.39 is 12.1 Å². The van der Waals surface area contributed by atoms with Gasteiger partial charge in [-0.25, -0.2) is 0 Å². The molecule has 3 N–H and O–H groups in total. The maximum absolute atomic E-state index is 12.6. The van der Waals surface area contributed by atoms with Gasteiger partial charge >= 0.3 is 5.97 Å². The summed E-state index contributed by atoms with van der Waals surface area (Å²) in [5.74, 6) is -0.0166. The van der Waals surface area contributed by atoms with Crippen LogP contribution in [-0.4, -0.2) is 47.4 Å². The molecule has 0 saturated carbocycles. The van der Waals surface area contributed by atoms with E-state index >= 15 is 0 Å². The summed E-state index contributed by atoms with van der Waals surface area (Å²) in [5.41, 5.74) is 0. The summed E-state index contributed by atoms with van der Waals surface area (Å²) in [6.45, 7) is 4.97. The van der Waals surface area contributed by atoms with Crippen molar-refractivity contribution in [3.63, 3.8) is 0 Å². The van der Waals surface area contributed by atoms with Crippen molar-refractivity contribution in [2.24, 2.45) is 0 Å². The molecule has 0 bridgehead atoms. The number of allylic oxidation sites excluding steroid dienone is 6. The van der Waals surface area contributed by atoms with Gasteiger partial charge in [-0.2, -0.15) is 0 Å². The maximum atomic E-state index is 12.6. The van der Waals surface area contributed by atoms with Gasteiger partial charge in [0.25, 0.3) is 0 Å². The van der Waals surface area contributed by atoms with Gasteiger partial charge in [-0.05, 0) is 83.5 Å². The fraction of sp³-hybridized carbons (Fsp3) is 0.900. The number of hydrogen-bond donors (Lipinski definition) is 3. The Balaban J connectivity index is 3.35. The number of ether oxygens (including phenoxy) is 1. The van der Waals surface area contributed by atoms with E-state index in [4.69, 9.17) is 4.74 Å². The molecule has 508 valence electrons. The molecule has 0 saturated heterocycles. The zero-order valence-corrected chi connectivity index (χ0v) is 58.3. The molecule has 0 spiro atoms. The zero-order valence-electron chi connectivity index (χ0n) is 58.3. The Morgan fingerprint density at radius 3 is 0.919 bits per heavy atom. The number of aliphatic hydroxyl groups excluding tert-OH is 2. The number of carbonyl (C=O) groups excluding carboxylic acids is 2. The first-order chi connectivity index (χ1) is 42.5. The molecular weight excluding hydrogens is 1050 g/mol. The second kappa shape index (κ2) is 75.5. The lowest BCUT2D eigenvalue weighted by Crippen LogP contribution is -2.45. The summed E-state index contributed by atoms with van der Waals surface area (Å²) in [5, 5.41) is 23.4. The number of carbonyl (C=O) groups is 2. The maximum Gasteiger partial charge on any atom is 0.305 e. The zero-order chi connectivity index (χ0) is 62.0. The third-order valence-electron chi connectivity index (χ3n) is 18.4. The number of aliphatic hydroxyl groups is 2. The average Bonchev–Trinajstić information content (AvgIpc) is 3.54. The van der Waals surface area contributed by atoms with E-state index in [1.807, 2.05) is 0 Å². The van der Waals surface area contributed by atoms with Crippen LogP contribution in [0.1, 0.15) is 438 Å². The van der Waals surface area contributed by atoms with Crippen LogP contribution in [0.5, 0.6) is 0 Å². The van der Waals surface area contributed by atoms with Crippen LogP contribution in [0.2, 0.25) is 0 Å². The van der Waals surface area contributed by atoms with Crippen LogP contribution in [0.15, 0.2) is 36.5 Å². The summed E-state index contributed by atoms with van der Waals surface area (Å²) in [6.07, 6.45) is 98.0. The van der Waals surface area contributed by atoms with Crippen LogP contribution < -0.4 is 5.32 Å². The molecule has 0 aromatic carbocycles. The minimum absolute atomic E-state index is 0.0111. The van der Waals surface area contributed by atoms with Gasteiger partial charge in [-0.15, -0.1) is 0 Å². The summed E-state index contributed by atoms with van der Waals surface area (Å²) in [4.78, 5) is 24.7. The van der Waals surface area contributed by atoms with Crippen LogP contribution in [0.25, 0.3) is 0 Å². The van der Waals surface area contributed by atoms with E-state index in [-0.39, 0.29) is 18.5 Å². The fourth-order valence-corrected chi connectivity index (χ4v) is 12.4. The molecular formula is C80H153NO5. The number of hydrogen-bond acceptors (Lipinski definition) is 5. The minimum Gasteiger partial charge on any atom is -0.466 e. The lowest BCUT2D eigenvalue weighted by molar-refractivity contribution is -0.143. The van der Waals surface area contributed by atoms with E-state index in [2.05, 4.69) is 55.6 Å². The van der Waals surface area contributed by atoms with Crippen LogP contribution in [0, 0.1) is 0 Å². The molecule has 2 unspecified atom stereocenters. The number of amides is 1. The van der Waals surface area contributed by atoms with Crippen molar-refractivity contribution in [3.05, 3.63) is 36.5 Å². The van der Waals surface area contributed by atoms with E-state index in [0.29, 0.717) is 25.9 Å². The highest BCUT2D eigenvalue weighted by Gasteiger charge is 2.20. The summed E-state index contributed by atoms with van der Waals surface area (Å²) in [6, 6.07) is -0.541. The predicted molar refractivity (Wildman–Crippen MR) is 379 cm³/mol. The highest BCUT2D eigenvalue weighted by molar-refractivity contribution is 5.76. The monoisotopic (exact) mass is 1210 g/mol. The molecule has 0 aliphatic carbocycles. The molecule has 0 aliphatic rings. The van der Waals surface area contributed by atoms with Crippen LogP contribution in [-0.2, 0) is 14.3 Å². The van der Waals surface area contributed by atoms with Crippen molar-refractivity contribution < 1.29 is 24.5 Å². The minimum atomic E-state index is -0.664. The Hall–Kier alpha value is -1.92. The SMILES string of the molecule is CCCCC/C=C\C/C=C\CCCCCCCCCC(=O)OCCCCCCCCCCCCCC/C=C\CCCCCCCCCCCCCCCCCCC(=O)NC(CO)C(O)CCCCCCCCCCCCCCCCCCCCCC. The van der Waals surface area contributed by atoms with Crippen molar-refractivity contribution in [2.45, 2.75) is 450 Å². The second-order valence-electron chi connectivity index (χ2n) is 27.0. The third-order valence-corrected chi connectivity index (χ3v) is 18.4. The van der Waals surface area contributed by atoms with E-state index in [1.54, 1.807) is 0 Å². The van der Waals surface area contributed by atoms with Crippen LogP contribution in [0.4, 0.5) is 0 Å². The van der Waals surface area contributed by atoms with Gasteiger partial charge in [0.15, 0.2) is 0 Å². The molecule has 6 heteroatoms. The first-order valence-electron chi connectivity index (χ1n) is 39.2. The van der Waals surface area contributed by atoms with Crippen molar-refractivity contribution in [1.29, 1.82) is 0 Å². The highest BCUT2D eigenvalue weighted by Crippen LogP contribution is 2.20. The smallest absolute Gasteiger partial charge is 0.305 e. The molecule has 86 heavy (non-hydrogen) atoms. The van der Waals surface area contributed by atoms with Gasteiger partial charge in [0.2, 0.25) is 5.91 Å². The number of nitrogens with one attached hydrogen (secondary N) is 1. The molecule has 1 amide bonds. The molecule has 0 rings (SSSR count). The van der Waals surface area contributed by atoms with E-state index in [1.165, 1.54) is 353 Å². The van der Waals surface area contributed by atoms with Crippen LogP contribution in [0.3, 0.4) is 0 Å². The molecule has 0 heterocycles. The van der Waals surface area contributed by atoms with Gasteiger partial charge in [0.05, 0.1) is 25.4 Å². The average molecular weight is 1210 g/mol. The highest BCUT2D eigenvalue weighted by atomic mass is 16.5. The number of rotatable bonds is 74. The van der Waals surface area contributed by atoms with Crippen molar-refractivity contribution in [1.82, 2.24) is 5.32 Å². The lowest BCUT2D eigenvalue weighted by atomic mass is 10.0. The Labute approximate surface area is 538 Å². The Morgan fingerprint density at radius 1 is 0.326 bits per heavy atom. The molecule has 0 radical (unpaired) electrons. The summed E-state index contributed by atoms with van der Waals surface area (Å²) < 4.78 is 5.50. The topological polar surface area (TPSA) is 95.9 Å². The van der Waals surface area contributed by atoms with E-state index in [9.17, 15) is 19.8 Å². The Bertz CT molecular complexity index is 1390. The van der Waals surface area contributed by atoms with Crippen molar-refractivity contribution >= 4 is 11.9 Å². The molecule has 0 aliphatic heterocycles. The lowest BCUT2D eigenvalue weighted by Gasteiger charge is -2.22.